The topological polar surface area (TPSA) is 70.2 Å². The summed E-state index contributed by atoms with van der Waals surface area (Å²) in [5, 5.41) is 0.900. The number of hydrogen-bond acceptors (Lipinski definition) is 6. The number of hydrogen-bond donors (Lipinski definition) is 1. The van der Waals surface area contributed by atoms with Gasteiger partial charge in [-0.05, 0) is 19.1 Å². The zero-order chi connectivity index (χ0) is 20.0. The number of pyridine rings is 1. The molecule has 29 heavy (non-hydrogen) atoms. The van der Waals surface area contributed by atoms with E-state index in [1.807, 2.05) is 24.4 Å². The molecule has 3 aromatic rings. The Bertz CT molecular complexity index is 1040. The van der Waals surface area contributed by atoms with E-state index in [4.69, 9.17) is 9.72 Å². The van der Waals surface area contributed by atoms with Gasteiger partial charge in [0.25, 0.3) is 5.92 Å². The summed E-state index contributed by atoms with van der Waals surface area (Å²) in [6.07, 6.45) is 3.36. The van der Waals surface area contributed by atoms with Gasteiger partial charge in [-0.15, -0.1) is 0 Å². The van der Waals surface area contributed by atoms with Gasteiger partial charge in [0.1, 0.15) is 17.3 Å². The van der Waals surface area contributed by atoms with Crippen molar-refractivity contribution in [2.45, 2.75) is 25.3 Å². The predicted octanol–water partition coefficient (Wildman–Crippen LogP) is 3.09. The van der Waals surface area contributed by atoms with Crippen molar-refractivity contribution in [2.24, 2.45) is 0 Å². The van der Waals surface area contributed by atoms with E-state index >= 15 is 0 Å². The molecule has 0 radical (unpaired) electrons. The molecule has 0 aromatic carbocycles. The highest BCUT2D eigenvalue weighted by Crippen LogP contribution is 2.34. The minimum absolute atomic E-state index is 0.143. The van der Waals surface area contributed by atoms with Crippen molar-refractivity contribution >= 4 is 22.7 Å². The van der Waals surface area contributed by atoms with Crippen molar-refractivity contribution in [2.75, 3.05) is 42.6 Å². The van der Waals surface area contributed by atoms with E-state index in [-0.39, 0.29) is 25.6 Å². The molecule has 0 saturated carbocycles. The number of fused-ring (bicyclic) bond motifs is 1. The summed E-state index contributed by atoms with van der Waals surface area (Å²) < 4.78 is 33.3. The van der Waals surface area contributed by atoms with Gasteiger partial charge < -0.3 is 19.5 Å². The minimum atomic E-state index is -2.69. The first-order chi connectivity index (χ1) is 14.0. The van der Waals surface area contributed by atoms with Crippen molar-refractivity contribution in [1.82, 2.24) is 19.9 Å². The van der Waals surface area contributed by atoms with E-state index in [1.54, 1.807) is 11.1 Å². The Kier molecular flexibility index (Phi) is 4.34. The van der Waals surface area contributed by atoms with Gasteiger partial charge in [0, 0.05) is 48.9 Å². The number of aromatic amines is 1. The van der Waals surface area contributed by atoms with Gasteiger partial charge in [-0.25, -0.2) is 23.7 Å². The highest BCUT2D eigenvalue weighted by molar-refractivity contribution is 5.91. The molecule has 0 amide bonds. The molecule has 2 aliphatic rings. The number of H-pyrrole nitrogens is 1. The molecule has 7 nitrogen and oxygen atoms in total. The maximum absolute atomic E-state index is 13.9. The van der Waals surface area contributed by atoms with Crippen LogP contribution in [0.2, 0.25) is 0 Å². The summed E-state index contributed by atoms with van der Waals surface area (Å²) in [5.74, 6) is -0.918. The summed E-state index contributed by atoms with van der Waals surface area (Å²) >= 11 is 0. The Morgan fingerprint density at radius 3 is 2.86 bits per heavy atom. The first-order valence-electron chi connectivity index (χ1n) is 9.79. The van der Waals surface area contributed by atoms with Crippen LogP contribution in [0.15, 0.2) is 30.6 Å². The molecule has 0 bridgehead atoms. The lowest BCUT2D eigenvalue weighted by molar-refractivity contribution is 0.0256. The molecule has 5 rings (SSSR count). The number of halogens is 2. The SMILES string of the molecule is CC1COCCN1c1cc(N2CCC(F)(F)C2)nc(-c2ccnc3[nH]ccc23)n1. The van der Waals surface area contributed by atoms with Gasteiger partial charge in [0.05, 0.1) is 25.8 Å². The Morgan fingerprint density at radius 1 is 1.21 bits per heavy atom. The summed E-state index contributed by atoms with van der Waals surface area (Å²) in [4.78, 5) is 20.7. The second-order valence-corrected chi connectivity index (χ2v) is 7.65. The number of anilines is 2. The van der Waals surface area contributed by atoms with Crippen molar-refractivity contribution < 1.29 is 13.5 Å². The van der Waals surface area contributed by atoms with Crippen molar-refractivity contribution in [1.29, 1.82) is 0 Å². The van der Waals surface area contributed by atoms with Gasteiger partial charge in [-0.2, -0.15) is 0 Å². The van der Waals surface area contributed by atoms with Crippen LogP contribution in [0, 0.1) is 0 Å². The monoisotopic (exact) mass is 400 g/mol. The first kappa shape index (κ1) is 18.2. The largest absolute Gasteiger partial charge is 0.377 e. The quantitative estimate of drug-likeness (QED) is 0.729. The molecular formula is C20H22F2N6O. The van der Waals surface area contributed by atoms with Crippen LogP contribution >= 0.6 is 0 Å². The fourth-order valence-corrected chi connectivity index (χ4v) is 4.01. The Morgan fingerprint density at radius 2 is 2.07 bits per heavy atom. The van der Waals surface area contributed by atoms with Gasteiger partial charge in [0.15, 0.2) is 5.82 Å². The Balaban J connectivity index is 1.63. The Hall–Kier alpha value is -2.81. The standard InChI is InChI=1S/C20H22F2N6O/c1-13-11-29-9-8-28(13)17-10-16(27-7-4-20(21,22)12-27)25-19(26-17)15-3-6-24-18-14(15)2-5-23-18/h2-3,5-6,10,13H,4,7-9,11-12H2,1H3,(H,23,24). The lowest BCUT2D eigenvalue weighted by Crippen LogP contribution is -2.44. The molecule has 0 aliphatic carbocycles. The van der Waals surface area contributed by atoms with E-state index in [1.165, 1.54) is 0 Å². The van der Waals surface area contributed by atoms with Crippen LogP contribution in [0.1, 0.15) is 13.3 Å². The average molecular weight is 400 g/mol. The molecule has 2 fully saturated rings. The molecule has 5 heterocycles. The van der Waals surface area contributed by atoms with E-state index in [0.29, 0.717) is 31.4 Å². The Labute approximate surface area is 166 Å². The molecule has 1 unspecified atom stereocenters. The van der Waals surface area contributed by atoms with Gasteiger partial charge in [0.2, 0.25) is 0 Å². The third-order valence-electron chi connectivity index (χ3n) is 5.56. The summed E-state index contributed by atoms with van der Waals surface area (Å²) in [6.45, 7) is 3.94. The van der Waals surface area contributed by atoms with Crippen LogP contribution in [0.25, 0.3) is 22.4 Å². The smallest absolute Gasteiger partial charge is 0.266 e. The van der Waals surface area contributed by atoms with Crippen molar-refractivity contribution in [3.05, 3.63) is 30.6 Å². The summed E-state index contributed by atoms with van der Waals surface area (Å²) in [7, 11) is 0. The number of morpholine rings is 1. The maximum Gasteiger partial charge on any atom is 0.266 e. The van der Waals surface area contributed by atoms with Gasteiger partial charge in [-0.3, -0.25) is 0 Å². The van der Waals surface area contributed by atoms with Crippen LogP contribution in [0.4, 0.5) is 20.4 Å². The molecule has 2 saturated heterocycles. The highest BCUT2D eigenvalue weighted by Gasteiger charge is 2.39. The molecule has 1 N–H and O–H groups in total. The van der Waals surface area contributed by atoms with Crippen LogP contribution in [0.3, 0.4) is 0 Å². The number of alkyl halides is 2. The minimum Gasteiger partial charge on any atom is -0.377 e. The third-order valence-corrected chi connectivity index (χ3v) is 5.56. The third kappa shape index (κ3) is 3.39. The molecule has 9 heteroatoms. The lowest BCUT2D eigenvalue weighted by atomic mass is 10.1. The molecular weight excluding hydrogens is 378 g/mol. The lowest BCUT2D eigenvalue weighted by Gasteiger charge is -2.35. The second-order valence-electron chi connectivity index (χ2n) is 7.65. The molecule has 3 aromatic heterocycles. The first-order valence-corrected chi connectivity index (χ1v) is 9.79. The van der Waals surface area contributed by atoms with Crippen LogP contribution in [-0.2, 0) is 4.74 Å². The van der Waals surface area contributed by atoms with E-state index in [2.05, 4.69) is 26.8 Å². The number of nitrogens with one attached hydrogen (secondary N) is 1. The normalized spacial score (nSPS) is 21.8. The number of aromatic nitrogens is 4. The van der Waals surface area contributed by atoms with Crippen LogP contribution in [-0.4, -0.2) is 64.7 Å². The molecule has 0 spiro atoms. The summed E-state index contributed by atoms with van der Waals surface area (Å²) in [6, 6.07) is 5.75. The molecule has 152 valence electrons. The molecule has 1 atom stereocenters. The number of nitrogens with zero attached hydrogens (tertiary/aromatic N) is 5. The van der Waals surface area contributed by atoms with E-state index in [0.717, 1.165) is 22.4 Å². The van der Waals surface area contributed by atoms with E-state index < -0.39 is 5.92 Å². The van der Waals surface area contributed by atoms with Crippen LogP contribution in [0.5, 0.6) is 0 Å². The zero-order valence-corrected chi connectivity index (χ0v) is 16.1. The summed E-state index contributed by atoms with van der Waals surface area (Å²) in [5.41, 5.74) is 1.57. The fraction of sp³-hybridized carbons (Fsp3) is 0.450. The van der Waals surface area contributed by atoms with Crippen molar-refractivity contribution in [3.8, 4) is 11.4 Å². The average Bonchev–Trinajstić information content (AvgIpc) is 3.34. The second kappa shape index (κ2) is 6.91. The number of rotatable bonds is 3. The van der Waals surface area contributed by atoms with Crippen molar-refractivity contribution in [3.63, 3.8) is 0 Å². The number of ether oxygens (including phenoxy) is 1. The molecule has 2 aliphatic heterocycles. The highest BCUT2D eigenvalue weighted by atomic mass is 19.3. The van der Waals surface area contributed by atoms with Gasteiger partial charge >= 0.3 is 0 Å². The van der Waals surface area contributed by atoms with Gasteiger partial charge in [-0.1, -0.05) is 0 Å². The van der Waals surface area contributed by atoms with E-state index in [9.17, 15) is 8.78 Å². The fourth-order valence-electron chi connectivity index (χ4n) is 4.01. The predicted molar refractivity (Wildman–Crippen MR) is 107 cm³/mol. The van der Waals surface area contributed by atoms with Crippen LogP contribution < -0.4 is 9.80 Å². The zero-order valence-electron chi connectivity index (χ0n) is 16.1. The maximum atomic E-state index is 13.9.